The van der Waals surface area contributed by atoms with Crippen molar-refractivity contribution in [1.29, 1.82) is 0 Å². The summed E-state index contributed by atoms with van der Waals surface area (Å²) in [6, 6.07) is 15.3. The second-order valence-electron chi connectivity index (χ2n) is 4.79. The van der Waals surface area contributed by atoms with Crippen LogP contribution in [0, 0.1) is 0 Å². The Morgan fingerprint density at radius 1 is 0.909 bits per heavy atom. The third-order valence-electron chi connectivity index (χ3n) is 3.19. The van der Waals surface area contributed by atoms with Gasteiger partial charge in [-0.3, -0.25) is 14.4 Å². The Balaban J connectivity index is 2.05. The van der Waals surface area contributed by atoms with Gasteiger partial charge < -0.3 is 10.2 Å². The molecule has 0 atom stereocenters. The zero-order chi connectivity index (χ0) is 16.1. The van der Waals surface area contributed by atoms with Crippen molar-refractivity contribution in [3.63, 3.8) is 0 Å². The second-order valence-corrected chi connectivity index (χ2v) is 4.79. The van der Waals surface area contributed by atoms with Gasteiger partial charge in [-0.2, -0.15) is 0 Å². The summed E-state index contributed by atoms with van der Waals surface area (Å²) in [5.74, 6) is -1.46. The van der Waals surface area contributed by atoms with Crippen molar-refractivity contribution in [2.75, 3.05) is 17.3 Å². The number of likely N-dealkylation sites (N-methyl/N-ethyl adjacent to an activating group) is 1. The first-order valence-electron chi connectivity index (χ1n) is 6.74. The first kappa shape index (κ1) is 15.4. The number of rotatable bonds is 3. The van der Waals surface area contributed by atoms with Crippen molar-refractivity contribution in [2.24, 2.45) is 0 Å². The van der Waals surface area contributed by atoms with Crippen molar-refractivity contribution >= 4 is 29.0 Å². The monoisotopic (exact) mass is 296 g/mol. The normalized spacial score (nSPS) is 9.91. The van der Waals surface area contributed by atoms with E-state index in [4.69, 9.17) is 0 Å². The molecule has 2 rings (SSSR count). The van der Waals surface area contributed by atoms with Gasteiger partial charge >= 0.3 is 11.8 Å². The van der Waals surface area contributed by atoms with Crippen molar-refractivity contribution < 1.29 is 14.4 Å². The summed E-state index contributed by atoms with van der Waals surface area (Å²) in [5, 5.41) is 2.52. The fourth-order valence-electron chi connectivity index (χ4n) is 1.89. The van der Waals surface area contributed by atoms with Crippen LogP contribution in [0.15, 0.2) is 54.6 Å². The molecule has 0 saturated carbocycles. The minimum atomic E-state index is -0.734. The first-order chi connectivity index (χ1) is 10.5. The van der Waals surface area contributed by atoms with Crippen LogP contribution in [-0.4, -0.2) is 24.6 Å². The number of hydrogen-bond donors (Lipinski definition) is 1. The molecule has 0 fully saturated rings. The van der Waals surface area contributed by atoms with Crippen LogP contribution in [0.2, 0.25) is 0 Å². The fourth-order valence-corrected chi connectivity index (χ4v) is 1.89. The molecule has 112 valence electrons. The lowest BCUT2D eigenvalue weighted by atomic mass is 10.1. The molecule has 5 nitrogen and oxygen atoms in total. The first-order valence-corrected chi connectivity index (χ1v) is 6.74. The Morgan fingerprint density at radius 3 is 2.05 bits per heavy atom. The summed E-state index contributed by atoms with van der Waals surface area (Å²) in [7, 11) is 1.54. The Hall–Kier alpha value is -2.95. The maximum Gasteiger partial charge on any atom is 0.316 e. The molecule has 1 N–H and O–H groups in total. The second kappa shape index (κ2) is 6.67. The van der Waals surface area contributed by atoms with E-state index in [9.17, 15) is 14.4 Å². The van der Waals surface area contributed by atoms with Gasteiger partial charge in [0.15, 0.2) is 5.78 Å². The lowest BCUT2D eigenvalue weighted by Crippen LogP contribution is -2.37. The van der Waals surface area contributed by atoms with Crippen LogP contribution in [-0.2, 0) is 9.59 Å². The van der Waals surface area contributed by atoms with E-state index in [1.54, 1.807) is 48.5 Å². The van der Waals surface area contributed by atoms with Gasteiger partial charge in [0.05, 0.1) is 0 Å². The molecular formula is C17H16N2O3. The van der Waals surface area contributed by atoms with Crippen molar-refractivity contribution in [3.8, 4) is 0 Å². The van der Waals surface area contributed by atoms with Crippen LogP contribution in [0.25, 0.3) is 0 Å². The summed E-state index contributed by atoms with van der Waals surface area (Å²) in [6.45, 7) is 1.46. The van der Waals surface area contributed by atoms with Gasteiger partial charge in [-0.15, -0.1) is 0 Å². The zero-order valence-corrected chi connectivity index (χ0v) is 12.4. The molecule has 0 aliphatic heterocycles. The number of carbonyl (C=O) groups excluding carboxylic acids is 3. The van der Waals surface area contributed by atoms with E-state index in [2.05, 4.69) is 5.32 Å². The van der Waals surface area contributed by atoms with E-state index >= 15 is 0 Å². The Morgan fingerprint density at radius 2 is 1.50 bits per heavy atom. The maximum atomic E-state index is 12.1. The largest absolute Gasteiger partial charge is 0.318 e. The summed E-state index contributed by atoms with van der Waals surface area (Å²) >= 11 is 0. The number of anilines is 2. The van der Waals surface area contributed by atoms with Crippen LogP contribution >= 0.6 is 0 Å². The summed E-state index contributed by atoms with van der Waals surface area (Å²) in [5.41, 5.74) is 1.64. The SMILES string of the molecule is CC(=O)c1ccc(NC(=O)C(=O)N(C)c2ccccc2)cc1. The number of amides is 2. The molecule has 0 spiro atoms. The molecule has 0 aliphatic carbocycles. The van der Waals surface area contributed by atoms with E-state index in [0.717, 1.165) is 0 Å². The molecule has 2 aromatic rings. The molecule has 0 unspecified atom stereocenters. The lowest BCUT2D eigenvalue weighted by molar-refractivity contribution is -0.134. The molecular weight excluding hydrogens is 280 g/mol. The molecule has 0 heterocycles. The number of para-hydroxylation sites is 1. The average molecular weight is 296 g/mol. The molecule has 0 saturated heterocycles. The average Bonchev–Trinajstić information content (AvgIpc) is 2.54. The highest BCUT2D eigenvalue weighted by atomic mass is 16.2. The number of nitrogens with one attached hydrogen (secondary N) is 1. The van der Waals surface area contributed by atoms with E-state index in [-0.39, 0.29) is 5.78 Å². The topological polar surface area (TPSA) is 66.5 Å². The Kier molecular flexibility index (Phi) is 4.68. The number of carbonyl (C=O) groups is 3. The van der Waals surface area contributed by atoms with Gasteiger partial charge in [-0.25, -0.2) is 0 Å². The van der Waals surface area contributed by atoms with Crippen LogP contribution in [0.3, 0.4) is 0 Å². The molecule has 5 heteroatoms. The van der Waals surface area contributed by atoms with E-state index in [0.29, 0.717) is 16.9 Å². The summed E-state index contributed by atoms with van der Waals surface area (Å²) in [6.07, 6.45) is 0. The quantitative estimate of drug-likeness (QED) is 0.699. The van der Waals surface area contributed by atoms with Crippen LogP contribution in [0.4, 0.5) is 11.4 Å². The standard InChI is InChI=1S/C17H16N2O3/c1-12(20)13-8-10-14(11-9-13)18-16(21)17(22)19(2)15-6-4-3-5-7-15/h3-11H,1-2H3,(H,18,21). The minimum Gasteiger partial charge on any atom is -0.318 e. The number of hydrogen-bond acceptors (Lipinski definition) is 3. The van der Waals surface area contributed by atoms with E-state index in [1.165, 1.54) is 18.9 Å². The third-order valence-corrected chi connectivity index (χ3v) is 3.19. The van der Waals surface area contributed by atoms with Gasteiger partial charge in [0.2, 0.25) is 0 Å². The zero-order valence-electron chi connectivity index (χ0n) is 12.4. The smallest absolute Gasteiger partial charge is 0.316 e. The molecule has 0 aliphatic rings. The van der Waals surface area contributed by atoms with Crippen molar-refractivity contribution in [2.45, 2.75) is 6.92 Å². The molecule has 2 aromatic carbocycles. The summed E-state index contributed by atoms with van der Waals surface area (Å²) in [4.78, 5) is 36.5. The molecule has 0 bridgehead atoms. The Bertz CT molecular complexity index is 694. The maximum absolute atomic E-state index is 12.1. The third kappa shape index (κ3) is 3.58. The number of Topliss-reactive ketones (excluding diaryl/α,β-unsaturated/α-hetero) is 1. The molecule has 0 aromatic heterocycles. The van der Waals surface area contributed by atoms with E-state index < -0.39 is 11.8 Å². The molecule has 2 amide bonds. The highest BCUT2D eigenvalue weighted by molar-refractivity contribution is 6.44. The van der Waals surface area contributed by atoms with Crippen molar-refractivity contribution in [1.82, 2.24) is 0 Å². The predicted molar refractivity (Wildman–Crippen MR) is 84.9 cm³/mol. The van der Waals surface area contributed by atoms with Crippen LogP contribution < -0.4 is 10.2 Å². The van der Waals surface area contributed by atoms with Gasteiger partial charge in [0.1, 0.15) is 0 Å². The van der Waals surface area contributed by atoms with E-state index in [1.807, 2.05) is 6.07 Å². The number of benzene rings is 2. The number of nitrogens with zero attached hydrogens (tertiary/aromatic N) is 1. The van der Waals surface area contributed by atoms with Gasteiger partial charge in [-0.05, 0) is 43.3 Å². The predicted octanol–water partition coefficient (Wildman–Crippen LogP) is 2.49. The number of ketones is 1. The van der Waals surface area contributed by atoms with Crippen molar-refractivity contribution in [3.05, 3.63) is 60.2 Å². The highest BCUT2D eigenvalue weighted by Gasteiger charge is 2.19. The van der Waals surface area contributed by atoms with Crippen LogP contribution in [0.1, 0.15) is 17.3 Å². The minimum absolute atomic E-state index is 0.0576. The fraction of sp³-hybridized carbons (Fsp3) is 0.118. The van der Waals surface area contributed by atoms with Crippen LogP contribution in [0.5, 0.6) is 0 Å². The molecule has 22 heavy (non-hydrogen) atoms. The van der Waals surface area contributed by atoms with Gasteiger partial charge in [0, 0.05) is 24.0 Å². The van der Waals surface area contributed by atoms with Gasteiger partial charge in [-0.1, -0.05) is 18.2 Å². The van der Waals surface area contributed by atoms with Gasteiger partial charge in [0.25, 0.3) is 0 Å². The highest BCUT2D eigenvalue weighted by Crippen LogP contribution is 2.13. The Labute approximate surface area is 128 Å². The molecule has 0 radical (unpaired) electrons. The summed E-state index contributed by atoms with van der Waals surface area (Å²) < 4.78 is 0. The lowest BCUT2D eigenvalue weighted by Gasteiger charge is -2.16.